The van der Waals surface area contributed by atoms with E-state index in [-0.39, 0.29) is 11.9 Å². The molecule has 2 N–H and O–H groups in total. The number of rotatable bonds is 6. The molecule has 0 saturated carbocycles. The smallest absolute Gasteiger partial charge is 0.219 e. The third-order valence-electron chi connectivity index (χ3n) is 7.95. The number of carbonyl (C=O) groups excluding carboxylic acids is 1. The second kappa shape index (κ2) is 13.3. The van der Waals surface area contributed by atoms with Gasteiger partial charge in [0.25, 0.3) is 0 Å². The van der Waals surface area contributed by atoms with Crippen molar-refractivity contribution < 1.29 is 4.79 Å². The van der Waals surface area contributed by atoms with Crippen LogP contribution >= 0.6 is 11.6 Å². The number of nitrogen functional groups attached to an aromatic ring is 1. The third-order valence-corrected chi connectivity index (χ3v) is 8.26. The van der Waals surface area contributed by atoms with Crippen LogP contribution in [-0.2, 0) is 10.7 Å². The second-order valence-corrected chi connectivity index (χ2v) is 10.7. The van der Waals surface area contributed by atoms with E-state index in [0.717, 1.165) is 70.9 Å². The molecule has 4 heterocycles. The summed E-state index contributed by atoms with van der Waals surface area (Å²) in [6, 6.07) is 24.7. The van der Waals surface area contributed by atoms with Gasteiger partial charge in [0.2, 0.25) is 5.91 Å². The van der Waals surface area contributed by atoms with Crippen LogP contribution in [0.2, 0.25) is 0 Å². The largest absolute Gasteiger partial charge is 0.383 e. The van der Waals surface area contributed by atoms with Gasteiger partial charge in [-0.05, 0) is 66.9 Å². The van der Waals surface area contributed by atoms with E-state index in [9.17, 15) is 4.79 Å². The number of halogens is 1. The number of imidazole rings is 1. The minimum atomic E-state index is 0.121. The molecule has 5 aromatic rings. The Bertz CT molecular complexity index is 1710. The zero-order valence-electron chi connectivity index (χ0n) is 25.2. The normalized spacial score (nSPS) is 13.5. The summed E-state index contributed by atoms with van der Waals surface area (Å²) in [5.41, 5.74) is 13.5. The summed E-state index contributed by atoms with van der Waals surface area (Å²) < 4.78 is 2.03. The molecule has 1 saturated heterocycles. The van der Waals surface area contributed by atoms with Gasteiger partial charge in [-0.3, -0.25) is 9.36 Å². The van der Waals surface area contributed by atoms with Crippen LogP contribution < -0.4 is 10.6 Å². The maximum Gasteiger partial charge on any atom is 0.219 e. The van der Waals surface area contributed by atoms with E-state index < -0.39 is 0 Å². The molecule has 0 spiro atoms. The van der Waals surface area contributed by atoms with Crippen molar-refractivity contribution in [3.63, 3.8) is 0 Å². The molecule has 0 bridgehead atoms. The highest BCUT2D eigenvalue weighted by atomic mass is 35.5. The first-order valence-corrected chi connectivity index (χ1v) is 15.3. The number of piperidine rings is 1. The molecule has 1 fully saturated rings. The summed E-state index contributed by atoms with van der Waals surface area (Å²) in [6.45, 7) is 7.44. The lowest BCUT2D eigenvalue weighted by Gasteiger charge is -2.37. The lowest BCUT2D eigenvalue weighted by molar-refractivity contribution is -0.129. The summed E-state index contributed by atoms with van der Waals surface area (Å²) in [6.07, 6.45) is 3.58. The minimum absolute atomic E-state index is 0.121. The van der Waals surface area contributed by atoms with Gasteiger partial charge in [-0.2, -0.15) is 0 Å². The summed E-state index contributed by atoms with van der Waals surface area (Å²) in [5, 5.41) is 0. The van der Waals surface area contributed by atoms with Crippen molar-refractivity contribution >= 4 is 40.2 Å². The van der Waals surface area contributed by atoms with Crippen molar-refractivity contribution in [3.8, 4) is 28.3 Å². The van der Waals surface area contributed by atoms with E-state index in [1.807, 2.05) is 78.9 Å². The average molecular weight is 596 g/mol. The Morgan fingerprint density at radius 3 is 2.40 bits per heavy atom. The van der Waals surface area contributed by atoms with E-state index >= 15 is 0 Å². The molecule has 0 aliphatic carbocycles. The molecule has 3 aromatic heterocycles. The topological polar surface area (TPSA) is 93.2 Å². The quantitative estimate of drug-likeness (QED) is 0.214. The second-order valence-electron chi connectivity index (χ2n) is 10.4. The van der Waals surface area contributed by atoms with Crippen LogP contribution in [0.3, 0.4) is 0 Å². The molecule has 8 nitrogen and oxygen atoms in total. The molecule has 222 valence electrons. The molecule has 43 heavy (non-hydrogen) atoms. The third kappa shape index (κ3) is 6.20. The summed E-state index contributed by atoms with van der Waals surface area (Å²) in [7, 11) is 1.90. The highest BCUT2D eigenvalue weighted by molar-refractivity contribution is 6.17. The van der Waals surface area contributed by atoms with Crippen molar-refractivity contribution in [3.05, 3.63) is 84.6 Å². The van der Waals surface area contributed by atoms with Crippen molar-refractivity contribution in [2.75, 3.05) is 30.8 Å². The van der Waals surface area contributed by atoms with Crippen LogP contribution in [-0.4, -0.2) is 56.5 Å². The fourth-order valence-electron chi connectivity index (χ4n) is 5.51. The molecule has 9 heteroatoms. The number of hydrogen-bond donors (Lipinski definition) is 1. The Morgan fingerprint density at radius 2 is 1.72 bits per heavy atom. The zero-order valence-corrected chi connectivity index (χ0v) is 25.9. The van der Waals surface area contributed by atoms with Gasteiger partial charge in [0.05, 0.1) is 11.3 Å². The molecule has 1 aliphatic heterocycles. The predicted octanol–water partition coefficient (Wildman–Crippen LogP) is 6.94. The fourth-order valence-corrected chi connectivity index (χ4v) is 5.69. The monoisotopic (exact) mass is 595 g/mol. The number of hydrogen-bond acceptors (Lipinski definition) is 6. The van der Waals surface area contributed by atoms with Gasteiger partial charge < -0.3 is 15.5 Å². The number of nitrogens with zero attached hydrogens (tertiary/aromatic N) is 6. The molecule has 2 aromatic carbocycles. The van der Waals surface area contributed by atoms with Gasteiger partial charge in [0.1, 0.15) is 11.3 Å². The molecule has 1 amide bonds. The fraction of sp³-hybridized carbons (Fsp3) is 0.294. The van der Waals surface area contributed by atoms with Gasteiger partial charge in [-0.15, -0.1) is 11.6 Å². The lowest BCUT2D eigenvalue weighted by atomic mass is 10.0. The van der Waals surface area contributed by atoms with Gasteiger partial charge >= 0.3 is 0 Å². The molecular weight excluding hydrogens is 558 g/mol. The SMILES string of the molecule is CC.CC(=O)N(C)C1CCN(c2cccc(-c3ccc4nc(-c5cccnc5N)n(-c5ccc(CCl)cc5)c4n3)c2)CC1. The molecule has 0 radical (unpaired) electrons. The van der Waals surface area contributed by atoms with Crippen LogP contribution in [0.4, 0.5) is 11.5 Å². The highest BCUT2D eigenvalue weighted by Crippen LogP contribution is 2.33. The highest BCUT2D eigenvalue weighted by Gasteiger charge is 2.24. The Balaban J connectivity index is 0.00000180. The summed E-state index contributed by atoms with van der Waals surface area (Å²) in [4.78, 5) is 30.4. The summed E-state index contributed by atoms with van der Waals surface area (Å²) >= 11 is 6.06. The first-order chi connectivity index (χ1) is 20.9. The van der Waals surface area contributed by atoms with Crippen LogP contribution in [0, 0.1) is 0 Å². The number of alkyl halides is 1. The number of anilines is 2. The van der Waals surface area contributed by atoms with Crippen molar-refractivity contribution in [1.29, 1.82) is 0 Å². The predicted molar refractivity (Wildman–Crippen MR) is 177 cm³/mol. The molecule has 1 aliphatic rings. The van der Waals surface area contributed by atoms with Crippen LogP contribution in [0.25, 0.3) is 39.5 Å². The standard InChI is InChI=1S/C32H32ClN7O.C2H6/c1-21(41)38(2)24-14-17-39(18-15-24)26-6-3-5-23(19-26)28-12-13-29-32(36-28)40(25-10-8-22(20-33)9-11-25)31(37-29)27-7-4-16-35-30(27)34;1-2/h3-13,16,19,24H,14-15,17-18,20H2,1-2H3,(H2,34,35);1-2H3. The van der Waals surface area contributed by atoms with Crippen LogP contribution in [0.1, 0.15) is 39.2 Å². The molecule has 0 unspecified atom stereocenters. The Morgan fingerprint density at radius 1 is 0.977 bits per heavy atom. The van der Waals surface area contributed by atoms with E-state index in [1.54, 1.807) is 13.1 Å². The molecule has 0 atom stereocenters. The van der Waals surface area contributed by atoms with Crippen molar-refractivity contribution in [2.45, 2.75) is 45.5 Å². The van der Waals surface area contributed by atoms with Crippen molar-refractivity contribution in [2.24, 2.45) is 0 Å². The molecular formula is C34H38ClN7O. The number of nitrogens with two attached hydrogens (primary N) is 1. The number of amides is 1. The van der Waals surface area contributed by atoms with Crippen LogP contribution in [0.5, 0.6) is 0 Å². The minimum Gasteiger partial charge on any atom is -0.383 e. The number of benzene rings is 2. The maximum absolute atomic E-state index is 11.8. The van der Waals surface area contributed by atoms with Gasteiger partial charge in [0.15, 0.2) is 11.5 Å². The number of pyridine rings is 2. The average Bonchev–Trinajstić information content (AvgIpc) is 3.44. The van der Waals surface area contributed by atoms with Gasteiger partial charge in [0, 0.05) is 62.1 Å². The zero-order chi connectivity index (χ0) is 30.5. The first-order valence-electron chi connectivity index (χ1n) is 14.8. The Kier molecular flexibility index (Phi) is 9.26. The maximum atomic E-state index is 11.8. The van der Waals surface area contributed by atoms with E-state index in [0.29, 0.717) is 17.5 Å². The van der Waals surface area contributed by atoms with Crippen molar-refractivity contribution in [1.82, 2.24) is 24.4 Å². The molecule has 6 rings (SSSR count). The van der Waals surface area contributed by atoms with E-state index in [1.165, 1.54) is 0 Å². The van der Waals surface area contributed by atoms with Gasteiger partial charge in [-0.1, -0.05) is 38.1 Å². The Labute approximate surface area is 258 Å². The van der Waals surface area contributed by atoms with E-state index in [2.05, 4.69) is 34.1 Å². The number of aromatic nitrogens is 4. The first kappa shape index (κ1) is 30.0. The summed E-state index contributed by atoms with van der Waals surface area (Å²) in [5.74, 6) is 1.65. The van der Waals surface area contributed by atoms with E-state index in [4.69, 9.17) is 27.3 Å². The lowest BCUT2D eigenvalue weighted by Crippen LogP contribution is -2.45. The van der Waals surface area contributed by atoms with Crippen LogP contribution in [0.15, 0.2) is 79.0 Å². The number of carbonyl (C=O) groups is 1. The number of fused-ring (bicyclic) bond motifs is 1. The Hall–Kier alpha value is -4.43. The van der Waals surface area contributed by atoms with Gasteiger partial charge in [-0.25, -0.2) is 15.0 Å².